The van der Waals surface area contributed by atoms with E-state index in [4.69, 9.17) is 9.47 Å². The van der Waals surface area contributed by atoms with Gasteiger partial charge in [-0.15, -0.1) is 0 Å². The number of esters is 1. The average molecular weight is 334 g/mol. The number of carbonyl (C=O) groups excluding carboxylic acids is 1. The van der Waals surface area contributed by atoms with Gasteiger partial charge in [-0.1, -0.05) is 30.3 Å². The third-order valence-electron chi connectivity index (χ3n) is 5.58. The number of hydrogen-bond acceptors (Lipinski definition) is 3. The normalized spacial score (nSPS) is 32.8. The molecule has 0 saturated heterocycles. The van der Waals surface area contributed by atoms with E-state index >= 15 is 4.39 Å². The minimum absolute atomic E-state index is 0.163. The summed E-state index contributed by atoms with van der Waals surface area (Å²) in [6.07, 6.45) is 4.59. The molecule has 0 radical (unpaired) electrons. The predicted molar refractivity (Wildman–Crippen MR) is 90.2 cm³/mol. The Morgan fingerprint density at radius 2 is 2.04 bits per heavy atom. The van der Waals surface area contributed by atoms with E-state index in [9.17, 15) is 4.79 Å². The van der Waals surface area contributed by atoms with Crippen molar-refractivity contribution in [2.24, 2.45) is 11.8 Å². The Morgan fingerprint density at radius 1 is 1.25 bits per heavy atom. The second kappa shape index (κ2) is 7.64. The summed E-state index contributed by atoms with van der Waals surface area (Å²) in [6, 6.07) is 10.1. The molecule has 0 amide bonds. The predicted octanol–water partition coefficient (Wildman–Crippen LogP) is 4.44. The molecule has 0 N–H and O–H groups in total. The van der Waals surface area contributed by atoms with Gasteiger partial charge in [0.25, 0.3) is 0 Å². The molecule has 1 aromatic rings. The monoisotopic (exact) mass is 334 g/mol. The highest BCUT2D eigenvalue weighted by molar-refractivity contribution is 5.80. The number of hydrogen-bond donors (Lipinski definition) is 0. The number of ether oxygens (including phenoxy) is 2. The molecule has 0 aliphatic heterocycles. The molecule has 2 aliphatic carbocycles. The molecular formula is C20H27FO3. The first-order valence-electron chi connectivity index (χ1n) is 9.15. The maximum Gasteiger partial charge on any atom is 0.344 e. The lowest BCUT2D eigenvalue weighted by atomic mass is 9.63. The third-order valence-corrected chi connectivity index (χ3v) is 5.58. The molecule has 0 spiro atoms. The van der Waals surface area contributed by atoms with Crippen LogP contribution in [-0.4, -0.2) is 24.3 Å². The molecule has 1 aromatic carbocycles. The molecule has 24 heavy (non-hydrogen) atoms. The fourth-order valence-corrected chi connectivity index (χ4v) is 4.39. The van der Waals surface area contributed by atoms with Gasteiger partial charge in [0.1, 0.15) is 0 Å². The Labute approximate surface area is 143 Å². The van der Waals surface area contributed by atoms with Gasteiger partial charge >= 0.3 is 5.97 Å². The van der Waals surface area contributed by atoms with E-state index in [-0.39, 0.29) is 24.5 Å². The fraction of sp³-hybridized carbons (Fsp3) is 0.650. The van der Waals surface area contributed by atoms with Crippen LogP contribution in [0.3, 0.4) is 0 Å². The quantitative estimate of drug-likeness (QED) is 0.747. The lowest BCUT2D eigenvalue weighted by Gasteiger charge is -2.45. The van der Waals surface area contributed by atoms with Crippen LogP contribution in [0.15, 0.2) is 30.3 Å². The minimum atomic E-state index is -1.79. The zero-order chi connectivity index (χ0) is 17.0. The lowest BCUT2D eigenvalue weighted by molar-refractivity contribution is -0.171. The molecule has 4 unspecified atom stereocenters. The number of fused-ring (bicyclic) bond motifs is 1. The number of benzene rings is 1. The molecule has 2 fully saturated rings. The number of rotatable bonds is 5. The van der Waals surface area contributed by atoms with Gasteiger partial charge in [0.05, 0.1) is 19.3 Å². The maximum absolute atomic E-state index is 15.4. The van der Waals surface area contributed by atoms with Crippen LogP contribution in [0.5, 0.6) is 0 Å². The summed E-state index contributed by atoms with van der Waals surface area (Å²) in [5.41, 5.74) is -0.627. The van der Waals surface area contributed by atoms with Gasteiger partial charge in [0, 0.05) is 5.92 Å². The van der Waals surface area contributed by atoms with Crippen LogP contribution in [-0.2, 0) is 20.9 Å². The van der Waals surface area contributed by atoms with E-state index in [1.165, 1.54) is 0 Å². The van der Waals surface area contributed by atoms with Crippen molar-refractivity contribution in [3.05, 3.63) is 35.9 Å². The first-order valence-corrected chi connectivity index (χ1v) is 9.15. The summed E-state index contributed by atoms with van der Waals surface area (Å²) >= 11 is 0. The standard InChI is InChI=1S/C20H27FO3/c1-2-23-19(22)20(21)12-6-9-16-13-17(10-11-18(16)20)24-14-15-7-4-3-5-8-15/h3-5,7-8,16-18H,2,6,9-14H2,1H3. The summed E-state index contributed by atoms with van der Waals surface area (Å²) in [7, 11) is 0. The Morgan fingerprint density at radius 3 is 2.79 bits per heavy atom. The van der Waals surface area contributed by atoms with E-state index < -0.39 is 11.6 Å². The Bertz CT molecular complexity index is 547. The van der Waals surface area contributed by atoms with E-state index in [1.54, 1.807) is 6.92 Å². The van der Waals surface area contributed by atoms with Crippen LogP contribution in [0.4, 0.5) is 4.39 Å². The summed E-state index contributed by atoms with van der Waals surface area (Å²) in [5.74, 6) is -0.632. The van der Waals surface area contributed by atoms with Crippen molar-refractivity contribution < 1.29 is 18.7 Å². The highest BCUT2D eigenvalue weighted by Crippen LogP contribution is 2.49. The van der Waals surface area contributed by atoms with Crippen LogP contribution in [0.2, 0.25) is 0 Å². The van der Waals surface area contributed by atoms with E-state index in [1.807, 2.05) is 18.2 Å². The minimum Gasteiger partial charge on any atom is -0.464 e. The van der Waals surface area contributed by atoms with Crippen LogP contribution in [0, 0.1) is 11.8 Å². The lowest BCUT2D eigenvalue weighted by Crippen LogP contribution is -2.51. The molecule has 3 rings (SSSR count). The van der Waals surface area contributed by atoms with Gasteiger partial charge in [-0.25, -0.2) is 9.18 Å². The van der Waals surface area contributed by atoms with E-state index in [0.717, 1.165) is 31.2 Å². The number of alkyl halides is 1. The van der Waals surface area contributed by atoms with Gasteiger partial charge in [-0.2, -0.15) is 0 Å². The zero-order valence-corrected chi connectivity index (χ0v) is 14.4. The molecule has 4 heteroatoms. The van der Waals surface area contributed by atoms with Crippen molar-refractivity contribution in [2.75, 3.05) is 6.61 Å². The maximum atomic E-state index is 15.4. The van der Waals surface area contributed by atoms with Crippen molar-refractivity contribution in [1.82, 2.24) is 0 Å². The van der Waals surface area contributed by atoms with Gasteiger partial charge < -0.3 is 9.47 Å². The van der Waals surface area contributed by atoms with Crippen molar-refractivity contribution in [3.8, 4) is 0 Å². The summed E-state index contributed by atoms with van der Waals surface area (Å²) < 4.78 is 26.4. The topological polar surface area (TPSA) is 35.5 Å². The van der Waals surface area contributed by atoms with Crippen LogP contribution < -0.4 is 0 Å². The van der Waals surface area contributed by atoms with Crippen molar-refractivity contribution in [2.45, 2.75) is 63.8 Å². The number of halogens is 1. The molecule has 2 aliphatic rings. The van der Waals surface area contributed by atoms with Crippen molar-refractivity contribution >= 4 is 5.97 Å². The van der Waals surface area contributed by atoms with E-state index in [0.29, 0.717) is 19.4 Å². The smallest absolute Gasteiger partial charge is 0.344 e. The van der Waals surface area contributed by atoms with E-state index in [2.05, 4.69) is 12.1 Å². The Kier molecular flexibility index (Phi) is 5.54. The van der Waals surface area contributed by atoms with Crippen LogP contribution >= 0.6 is 0 Å². The van der Waals surface area contributed by atoms with Gasteiger partial charge in [-0.05, 0) is 56.9 Å². The highest BCUT2D eigenvalue weighted by Gasteiger charge is 2.54. The summed E-state index contributed by atoms with van der Waals surface area (Å²) in [6.45, 7) is 2.57. The van der Waals surface area contributed by atoms with Gasteiger partial charge in [0.15, 0.2) is 0 Å². The molecule has 4 atom stereocenters. The van der Waals surface area contributed by atoms with Crippen LogP contribution in [0.25, 0.3) is 0 Å². The molecule has 0 bridgehead atoms. The zero-order valence-electron chi connectivity index (χ0n) is 14.4. The highest BCUT2D eigenvalue weighted by atomic mass is 19.1. The Balaban J connectivity index is 1.59. The van der Waals surface area contributed by atoms with Gasteiger partial charge in [0.2, 0.25) is 5.67 Å². The summed E-state index contributed by atoms with van der Waals surface area (Å²) in [5, 5.41) is 0. The molecule has 0 heterocycles. The van der Waals surface area contributed by atoms with Crippen LogP contribution in [0.1, 0.15) is 51.0 Å². The Hall–Kier alpha value is -1.42. The van der Waals surface area contributed by atoms with Gasteiger partial charge in [-0.3, -0.25) is 0 Å². The number of carbonyl (C=O) groups is 1. The second-order valence-corrected chi connectivity index (χ2v) is 7.07. The SMILES string of the molecule is CCOC(=O)C1(F)CCCC2CC(OCc3ccccc3)CCC21. The average Bonchev–Trinajstić information content (AvgIpc) is 2.61. The third kappa shape index (κ3) is 3.64. The van der Waals surface area contributed by atoms with Crippen molar-refractivity contribution in [1.29, 1.82) is 0 Å². The molecule has 3 nitrogen and oxygen atoms in total. The molecule has 132 valence electrons. The molecule has 2 saturated carbocycles. The molecule has 0 aromatic heterocycles. The summed E-state index contributed by atoms with van der Waals surface area (Å²) in [4.78, 5) is 12.1. The largest absolute Gasteiger partial charge is 0.464 e. The first kappa shape index (κ1) is 17.4. The molecular weight excluding hydrogens is 307 g/mol. The first-order chi connectivity index (χ1) is 11.6. The second-order valence-electron chi connectivity index (χ2n) is 7.07. The fourth-order valence-electron chi connectivity index (χ4n) is 4.39. The van der Waals surface area contributed by atoms with Crippen molar-refractivity contribution in [3.63, 3.8) is 0 Å².